The number of hydrogen-bond donors (Lipinski definition) is 0. The Balaban J connectivity index is 1.60. The van der Waals surface area contributed by atoms with Gasteiger partial charge in [0.2, 0.25) is 0 Å². The molecule has 0 bridgehead atoms. The Bertz CT molecular complexity index is 1140. The van der Waals surface area contributed by atoms with Gasteiger partial charge in [0.25, 0.3) is 0 Å². The van der Waals surface area contributed by atoms with Crippen LogP contribution in [0.4, 0.5) is 8.78 Å². The van der Waals surface area contributed by atoms with Crippen LogP contribution < -0.4 is 0 Å². The fraction of sp³-hybridized carbons (Fsp3) is 0.182. The summed E-state index contributed by atoms with van der Waals surface area (Å²) in [6.45, 7) is 4.20. The molecule has 0 N–H and O–H groups in total. The number of thiophene rings is 1. The lowest BCUT2D eigenvalue weighted by Gasteiger charge is -2.07. The molecule has 0 aliphatic rings. The van der Waals surface area contributed by atoms with Gasteiger partial charge in [-0.05, 0) is 54.8 Å². The van der Waals surface area contributed by atoms with Crippen molar-refractivity contribution in [1.82, 2.24) is 9.97 Å². The standard InChI is InChI=1S/C22H18F2N2S3/c1-13-14(2)29-21-19(13)20(27-11-15-3-7-17(23)8-4-15)25-22(26-21)28-12-16-5-9-18(24)10-6-16/h3-10H,11-12H2,1-2H3. The summed E-state index contributed by atoms with van der Waals surface area (Å²) < 4.78 is 26.3. The van der Waals surface area contributed by atoms with Gasteiger partial charge in [-0.3, -0.25) is 0 Å². The lowest BCUT2D eigenvalue weighted by Crippen LogP contribution is -1.93. The van der Waals surface area contributed by atoms with Gasteiger partial charge in [0, 0.05) is 21.8 Å². The Kier molecular flexibility index (Phi) is 6.18. The van der Waals surface area contributed by atoms with Crippen molar-refractivity contribution in [1.29, 1.82) is 0 Å². The van der Waals surface area contributed by atoms with Gasteiger partial charge in [0.05, 0.1) is 0 Å². The second kappa shape index (κ2) is 8.81. The Morgan fingerprint density at radius 1 is 0.793 bits per heavy atom. The molecule has 0 aliphatic carbocycles. The molecule has 2 aromatic heterocycles. The Morgan fingerprint density at radius 2 is 1.34 bits per heavy atom. The second-order valence-electron chi connectivity index (χ2n) is 6.61. The van der Waals surface area contributed by atoms with Crippen LogP contribution in [0.3, 0.4) is 0 Å². The molecule has 2 heterocycles. The van der Waals surface area contributed by atoms with Crippen LogP contribution in [0.5, 0.6) is 0 Å². The number of benzene rings is 2. The molecule has 0 unspecified atom stereocenters. The first-order valence-corrected chi connectivity index (χ1v) is 11.8. The first-order chi connectivity index (χ1) is 14.0. The first-order valence-electron chi connectivity index (χ1n) is 9.02. The van der Waals surface area contributed by atoms with Crippen molar-refractivity contribution in [2.75, 3.05) is 0 Å². The molecule has 2 nitrogen and oxygen atoms in total. The zero-order chi connectivity index (χ0) is 20.4. The normalized spacial score (nSPS) is 11.3. The van der Waals surface area contributed by atoms with Crippen LogP contribution in [0.15, 0.2) is 58.7 Å². The molecule has 148 valence electrons. The van der Waals surface area contributed by atoms with Crippen LogP contribution in [0.1, 0.15) is 21.6 Å². The molecule has 29 heavy (non-hydrogen) atoms. The Morgan fingerprint density at radius 3 is 1.93 bits per heavy atom. The fourth-order valence-electron chi connectivity index (χ4n) is 2.82. The maximum Gasteiger partial charge on any atom is 0.190 e. The molecule has 0 radical (unpaired) electrons. The summed E-state index contributed by atoms with van der Waals surface area (Å²) in [4.78, 5) is 11.8. The fourth-order valence-corrected chi connectivity index (χ4v) is 5.87. The van der Waals surface area contributed by atoms with Crippen LogP contribution >= 0.6 is 34.9 Å². The van der Waals surface area contributed by atoms with Crippen molar-refractivity contribution in [2.24, 2.45) is 0 Å². The van der Waals surface area contributed by atoms with Crippen molar-refractivity contribution in [2.45, 2.75) is 35.5 Å². The van der Waals surface area contributed by atoms with Crippen molar-refractivity contribution in [3.05, 3.63) is 81.7 Å². The molecule has 4 aromatic rings. The Hall–Kier alpha value is -1.96. The number of nitrogens with zero attached hydrogens (tertiary/aromatic N) is 2. The lowest BCUT2D eigenvalue weighted by molar-refractivity contribution is 0.627. The SMILES string of the molecule is Cc1sc2nc(SCc3ccc(F)cc3)nc(SCc3ccc(F)cc3)c2c1C. The minimum Gasteiger partial charge on any atom is -0.215 e. The minimum atomic E-state index is -0.236. The van der Waals surface area contributed by atoms with Crippen LogP contribution in [0.2, 0.25) is 0 Å². The number of thioether (sulfide) groups is 2. The molecule has 0 fully saturated rings. The van der Waals surface area contributed by atoms with E-state index in [1.165, 1.54) is 34.7 Å². The van der Waals surface area contributed by atoms with E-state index in [2.05, 4.69) is 13.8 Å². The molecule has 7 heteroatoms. The molecule has 0 spiro atoms. The third kappa shape index (κ3) is 4.79. The monoisotopic (exact) mass is 444 g/mol. The van der Waals surface area contributed by atoms with E-state index in [0.717, 1.165) is 26.4 Å². The topological polar surface area (TPSA) is 25.8 Å². The zero-order valence-corrected chi connectivity index (χ0v) is 18.4. The van der Waals surface area contributed by atoms with E-state index in [4.69, 9.17) is 9.97 Å². The van der Waals surface area contributed by atoms with Gasteiger partial charge < -0.3 is 0 Å². The summed E-state index contributed by atoms with van der Waals surface area (Å²) in [5.74, 6) is 0.924. The van der Waals surface area contributed by atoms with Gasteiger partial charge in [-0.15, -0.1) is 23.1 Å². The lowest BCUT2D eigenvalue weighted by atomic mass is 10.2. The maximum atomic E-state index is 13.2. The predicted molar refractivity (Wildman–Crippen MR) is 119 cm³/mol. The molecule has 0 amide bonds. The third-order valence-electron chi connectivity index (χ3n) is 4.54. The van der Waals surface area contributed by atoms with Crippen LogP contribution in [-0.4, -0.2) is 9.97 Å². The Labute approximate surface area is 180 Å². The molecular formula is C22H18F2N2S3. The van der Waals surface area contributed by atoms with Crippen LogP contribution in [0, 0.1) is 25.5 Å². The molecule has 4 rings (SSSR count). The summed E-state index contributed by atoms with van der Waals surface area (Å²) in [7, 11) is 0. The van der Waals surface area contributed by atoms with Crippen molar-refractivity contribution in [3.63, 3.8) is 0 Å². The van der Waals surface area contributed by atoms with Crippen LogP contribution in [-0.2, 0) is 11.5 Å². The molecule has 0 aliphatic heterocycles. The summed E-state index contributed by atoms with van der Waals surface area (Å²) in [6.07, 6.45) is 0. The number of hydrogen-bond acceptors (Lipinski definition) is 5. The van der Waals surface area contributed by atoms with E-state index < -0.39 is 0 Å². The summed E-state index contributed by atoms with van der Waals surface area (Å²) >= 11 is 4.87. The first kappa shape index (κ1) is 20.3. The van der Waals surface area contributed by atoms with E-state index in [-0.39, 0.29) is 11.6 Å². The van der Waals surface area contributed by atoms with Gasteiger partial charge in [0.1, 0.15) is 21.5 Å². The van der Waals surface area contributed by atoms with Gasteiger partial charge in [-0.25, -0.2) is 18.7 Å². The largest absolute Gasteiger partial charge is 0.215 e. The van der Waals surface area contributed by atoms with E-state index in [1.807, 2.05) is 0 Å². The van der Waals surface area contributed by atoms with Gasteiger partial charge in [-0.2, -0.15) is 0 Å². The summed E-state index contributed by atoms with van der Waals surface area (Å²) in [5, 5.41) is 2.76. The number of rotatable bonds is 6. The minimum absolute atomic E-state index is 0.230. The van der Waals surface area contributed by atoms with Crippen LogP contribution in [0.25, 0.3) is 10.2 Å². The van der Waals surface area contributed by atoms with E-state index in [9.17, 15) is 8.78 Å². The summed E-state index contributed by atoms with van der Waals surface area (Å²) in [6, 6.07) is 13.1. The van der Waals surface area contributed by atoms with Crippen molar-refractivity contribution < 1.29 is 8.78 Å². The number of halogens is 2. The van der Waals surface area contributed by atoms with E-state index in [1.54, 1.807) is 59.1 Å². The van der Waals surface area contributed by atoms with Gasteiger partial charge >= 0.3 is 0 Å². The quantitative estimate of drug-likeness (QED) is 0.179. The van der Waals surface area contributed by atoms with Crippen molar-refractivity contribution in [3.8, 4) is 0 Å². The van der Waals surface area contributed by atoms with Crippen molar-refractivity contribution >= 4 is 45.1 Å². The highest BCUT2D eigenvalue weighted by Gasteiger charge is 2.15. The molecule has 0 saturated heterocycles. The highest BCUT2D eigenvalue weighted by atomic mass is 32.2. The highest BCUT2D eigenvalue weighted by molar-refractivity contribution is 7.99. The number of aromatic nitrogens is 2. The molecule has 0 saturated carbocycles. The van der Waals surface area contributed by atoms with E-state index in [0.29, 0.717) is 16.7 Å². The molecule has 2 aromatic carbocycles. The average molecular weight is 445 g/mol. The highest BCUT2D eigenvalue weighted by Crippen LogP contribution is 2.38. The van der Waals surface area contributed by atoms with Gasteiger partial charge in [0.15, 0.2) is 5.16 Å². The predicted octanol–water partition coefficient (Wildman–Crippen LogP) is 7.17. The second-order valence-corrected chi connectivity index (χ2v) is 9.71. The summed E-state index contributed by atoms with van der Waals surface area (Å²) in [5.41, 5.74) is 3.29. The number of fused-ring (bicyclic) bond motifs is 1. The average Bonchev–Trinajstić information content (AvgIpc) is 3.01. The van der Waals surface area contributed by atoms with Gasteiger partial charge in [-0.1, -0.05) is 36.0 Å². The molecular weight excluding hydrogens is 426 g/mol. The molecule has 0 atom stereocenters. The smallest absolute Gasteiger partial charge is 0.190 e. The third-order valence-corrected chi connectivity index (χ3v) is 7.61. The number of aryl methyl sites for hydroxylation is 2. The maximum absolute atomic E-state index is 13.2. The zero-order valence-electron chi connectivity index (χ0n) is 15.9. The van der Waals surface area contributed by atoms with E-state index >= 15 is 0 Å².